The van der Waals surface area contributed by atoms with Crippen molar-refractivity contribution in [2.45, 2.75) is 13.8 Å². The molecule has 2 heteroatoms. The Balaban J connectivity index is 0.000000640. The van der Waals surface area contributed by atoms with Crippen LogP contribution in [0.4, 0.5) is 0 Å². The zero-order valence-electron chi connectivity index (χ0n) is 6.26. The van der Waals surface area contributed by atoms with Gasteiger partial charge >= 0.3 is 0 Å². The van der Waals surface area contributed by atoms with Gasteiger partial charge in [-0.1, -0.05) is 26.4 Å². The maximum absolute atomic E-state index is 5.16. The van der Waals surface area contributed by atoms with Gasteiger partial charge in [-0.2, -0.15) is 0 Å². The fourth-order valence-electron chi connectivity index (χ4n) is 0.928. The molecule has 0 aromatic carbocycles. The first-order chi connectivity index (χ1) is 3.80. The fraction of sp³-hybridized carbons (Fsp3) is 0.857. The second-order valence-electron chi connectivity index (χ2n) is 2.68. The van der Waals surface area contributed by atoms with Gasteiger partial charge in [0.2, 0.25) is 0 Å². The van der Waals surface area contributed by atoms with E-state index in [0.717, 1.165) is 25.0 Å². The van der Waals surface area contributed by atoms with Crippen LogP contribution in [0.5, 0.6) is 0 Å². The molecule has 0 amide bonds. The van der Waals surface area contributed by atoms with Crippen molar-refractivity contribution in [1.29, 1.82) is 0 Å². The molecule has 50 valence electrons. The van der Waals surface area contributed by atoms with Gasteiger partial charge in [0.1, 0.15) is 0 Å². The predicted molar refractivity (Wildman–Crippen MR) is 33.4 cm³/mol. The van der Waals surface area contributed by atoms with Gasteiger partial charge in [0.15, 0.2) is 0 Å². The Morgan fingerprint density at radius 2 is 2.22 bits per heavy atom. The maximum atomic E-state index is 5.16. The maximum Gasteiger partial charge on any atom is 0.0191 e. The summed E-state index contributed by atoms with van der Waals surface area (Å²) in [4.78, 5) is 0. The number of hydrogen-bond donors (Lipinski definition) is 0. The molecule has 1 nitrogen and oxygen atoms in total. The number of ether oxygens (including phenoxy) is 1. The molecule has 0 radical (unpaired) electrons. The van der Waals surface area contributed by atoms with Crippen LogP contribution in [0.15, 0.2) is 0 Å². The molecule has 1 aliphatic rings. The Bertz CT molecular complexity index is 67.3. The standard InChI is InChI=1S/C7H13O.Rf/c1-6(2)7-3-4-8-5-7;/h3,6-7H,4-5H2,1-2H3;/q-1;. The van der Waals surface area contributed by atoms with Crippen molar-refractivity contribution < 1.29 is 4.74 Å². The Labute approximate surface area is 51.0 Å². The Hall–Kier alpha value is -1.04. The van der Waals surface area contributed by atoms with Crippen molar-refractivity contribution in [3.63, 3.8) is 0 Å². The predicted octanol–water partition coefficient (Wildman–Crippen LogP) is 1.49. The first-order valence-electron chi connectivity index (χ1n) is 3.22. The van der Waals surface area contributed by atoms with Crippen molar-refractivity contribution in [1.82, 2.24) is 0 Å². The summed E-state index contributed by atoms with van der Waals surface area (Å²) in [5.74, 6) is 1.48. The quantitative estimate of drug-likeness (QED) is 0.627. The fourth-order valence-corrected chi connectivity index (χ4v) is 0.928. The van der Waals surface area contributed by atoms with E-state index in [1.807, 2.05) is 0 Å². The smallest absolute Gasteiger partial charge is 0.0191 e. The number of rotatable bonds is 1. The van der Waals surface area contributed by atoms with E-state index in [9.17, 15) is 0 Å². The molecule has 1 fully saturated rings. The van der Waals surface area contributed by atoms with Gasteiger partial charge in [0.05, 0.1) is 0 Å². The summed E-state index contributed by atoms with van der Waals surface area (Å²) in [7, 11) is 0. The zero-order valence-corrected chi connectivity index (χ0v) is 12.7. The van der Waals surface area contributed by atoms with E-state index in [1.54, 1.807) is 0 Å². The second-order valence-corrected chi connectivity index (χ2v) is 2.68. The molecule has 1 heterocycles. The van der Waals surface area contributed by atoms with Crippen molar-refractivity contribution in [3.05, 3.63) is 6.42 Å². The molecular weight excluding hydrogens is 367 g/mol. The van der Waals surface area contributed by atoms with Crippen LogP contribution >= 0.6 is 0 Å². The summed E-state index contributed by atoms with van der Waals surface area (Å²) in [6.45, 7) is 6.27. The van der Waals surface area contributed by atoms with E-state index in [-0.39, 0.29) is 0 Å². The molecule has 0 aliphatic carbocycles. The van der Waals surface area contributed by atoms with Gasteiger partial charge in [0, 0.05) is 6.61 Å². The first-order valence-corrected chi connectivity index (χ1v) is 3.22. The summed E-state index contributed by atoms with van der Waals surface area (Å²) < 4.78 is 5.16. The van der Waals surface area contributed by atoms with E-state index in [0.29, 0.717) is 0 Å². The minimum atomic E-state index is 0. The molecule has 1 unspecified atom stereocenters. The average molecular weight is 380 g/mol. The van der Waals surface area contributed by atoms with Crippen LogP contribution in [0.2, 0.25) is 0 Å². The molecular formula is C7H13ORf-. The zero-order chi connectivity index (χ0) is 5.98. The largest absolute Gasteiger partial charge is 0.416 e. The molecule has 0 spiro atoms. The van der Waals surface area contributed by atoms with Crippen LogP contribution in [0.25, 0.3) is 0 Å². The third-order valence-electron chi connectivity index (χ3n) is 1.68. The molecule has 0 N–H and O–H groups in total. The van der Waals surface area contributed by atoms with E-state index in [1.165, 1.54) is 0 Å². The minimum absolute atomic E-state index is 0. The van der Waals surface area contributed by atoms with Crippen molar-refractivity contribution in [3.8, 4) is 0 Å². The SMILES string of the molecule is CC(C)C1[CH-]COC1.[Rf]. The van der Waals surface area contributed by atoms with Crippen molar-refractivity contribution >= 4 is 0 Å². The summed E-state index contributed by atoms with van der Waals surface area (Å²) >= 11 is 0. The third kappa shape index (κ3) is 1.73. The molecule has 1 rings (SSSR count). The van der Waals surface area contributed by atoms with Gasteiger partial charge in [-0.05, 0) is 0 Å². The normalized spacial score (nSPS) is 26.3. The van der Waals surface area contributed by atoms with E-state index >= 15 is 0 Å². The monoisotopic (exact) mass is 380 g/mol. The molecule has 0 saturated carbocycles. The summed E-state index contributed by atoms with van der Waals surface area (Å²) in [5, 5.41) is 0. The van der Waals surface area contributed by atoms with Crippen LogP contribution in [-0.4, -0.2) is 13.2 Å². The summed E-state index contributed by atoms with van der Waals surface area (Å²) in [6, 6.07) is 0. The Morgan fingerprint density at radius 3 is 2.44 bits per heavy atom. The Morgan fingerprint density at radius 1 is 1.56 bits per heavy atom. The molecule has 9 heavy (non-hydrogen) atoms. The molecule has 0 bridgehead atoms. The van der Waals surface area contributed by atoms with Crippen LogP contribution in [0, 0.1) is 18.3 Å². The van der Waals surface area contributed by atoms with Gasteiger partial charge in [0.25, 0.3) is 0 Å². The van der Waals surface area contributed by atoms with Crippen LogP contribution in [0.3, 0.4) is 0 Å². The Kier molecular flexibility index (Phi) is 2.72. The molecule has 1 atom stereocenters. The molecule has 0 aromatic heterocycles. The van der Waals surface area contributed by atoms with Gasteiger partial charge in [-0.15, -0.1) is 5.92 Å². The molecule has 1 aliphatic heterocycles. The topological polar surface area (TPSA) is 9.23 Å². The first kappa shape index (κ1) is 7.96. The minimum Gasteiger partial charge on any atom is -0.416 e. The van der Waals surface area contributed by atoms with E-state index in [2.05, 4.69) is 20.3 Å². The van der Waals surface area contributed by atoms with Crippen LogP contribution < -0.4 is 0 Å². The van der Waals surface area contributed by atoms with Crippen molar-refractivity contribution in [2.24, 2.45) is 11.8 Å². The van der Waals surface area contributed by atoms with Crippen LogP contribution in [-0.2, 0) is 4.74 Å². The van der Waals surface area contributed by atoms with Gasteiger partial charge < -0.3 is 4.74 Å². The average Bonchev–Trinajstić information content (AvgIpc) is 2.12. The third-order valence-corrected chi connectivity index (χ3v) is 1.68. The molecule has 0 aromatic rings. The second kappa shape index (κ2) is 3.08. The van der Waals surface area contributed by atoms with Crippen LogP contribution in [0.1, 0.15) is 13.8 Å². The number of hydrogen-bond acceptors (Lipinski definition) is 1. The van der Waals surface area contributed by atoms with Gasteiger partial charge in [-0.25, -0.2) is 0 Å². The van der Waals surface area contributed by atoms with E-state index in [4.69, 9.17) is 4.74 Å². The van der Waals surface area contributed by atoms with Gasteiger partial charge in [-0.3, -0.25) is 6.42 Å². The summed E-state index contributed by atoms with van der Waals surface area (Å²) in [6.07, 6.45) is 2.25. The summed E-state index contributed by atoms with van der Waals surface area (Å²) in [5.41, 5.74) is 0. The van der Waals surface area contributed by atoms with Crippen molar-refractivity contribution in [2.75, 3.05) is 13.2 Å². The molecule has 1 saturated heterocycles. The van der Waals surface area contributed by atoms with E-state index < -0.39 is 0 Å².